The number of ether oxygens (including phenoxy) is 1. The Morgan fingerprint density at radius 3 is 2.93 bits per heavy atom. The minimum atomic E-state index is 0.387. The zero-order chi connectivity index (χ0) is 11.1. The van der Waals surface area contributed by atoms with Crippen molar-refractivity contribution >= 4 is 0 Å². The molecular formula is C12H26N2O. The van der Waals surface area contributed by atoms with E-state index in [0.29, 0.717) is 12.1 Å². The van der Waals surface area contributed by atoms with Crippen LogP contribution in [-0.4, -0.2) is 49.8 Å². The van der Waals surface area contributed by atoms with Gasteiger partial charge >= 0.3 is 0 Å². The van der Waals surface area contributed by atoms with Crippen molar-refractivity contribution in [2.45, 2.75) is 45.8 Å². The van der Waals surface area contributed by atoms with Gasteiger partial charge in [-0.1, -0.05) is 20.3 Å². The van der Waals surface area contributed by atoms with E-state index < -0.39 is 0 Å². The second-order valence-electron chi connectivity index (χ2n) is 4.48. The van der Waals surface area contributed by atoms with Gasteiger partial charge in [0.1, 0.15) is 0 Å². The van der Waals surface area contributed by atoms with Crippen molar-refractivity contribution in [2.75, 3.05) is 32.8 Å². The lowest BCUT2D eigenvalue weighted by Gasteiger charge is -2.32. The summed E-state index contributed by atoms with van der Waals surface area (Å²) >= 11 is 0. The molecule has 15 heavy (non-hydrogen) atoms. The van der Waals surface area contributed by atoms with Gasteiger partial charge in [0.25, 0.3) is 0 Å². The smallest absolute Gasteiger partial charge is 0.0826 e. The average molecular weight is 214 g/mol. The summed E-state index contributed by atoms with van der Waals surface area (Å²) in [6, 6.07) is 0.621. The summed E-state index contributed by atoms with van der Waals surface area (Å²) in [5.41, 5.74) is 0. The Morgan fingerprint density at radius 2 is 2.27 bits per heavy atom. The normalized spacial score (nSPS) is 25.4. The van der Waals surface area contributed by atoms with E-state index in [1.54, 1.807) is 0 Å². The Balaban J connectivity index is 2.14. The van der Waals surface area contributed by atoms with Crippen LogP contribution < -0.4 is 5.32 Å². The molecule has 1 saturated heterocycles. The average Bonchev–Trinajstić information content (AvgIpc) is 2.27. The molecule has 0 aromatic heterocycles. The molecule has 2 atom stereocenters. The van der Waals surface area contributed by atoms with Crippen LogP contribution in [0.2, 0.25) is 0 Å². The fourth-order valence-corrected chi connectivity index (χ4v) is 2.06. The minimum absolute atomic E-state index is 0.387. The van der Waals surface area contributed by atoms with Gasteiger partial charge in [0, 0.05) is 25.7 Å². The van der Waals surface area contributed by atoms with Crippen molar-refractivity contribution in [3.05, 3.63) is 0 Å². The van der Waals surface area contributed by atoms with Gasteiger partial charge in [-0.25, -0.2) is 0 Å². The lowest BCUT2D eigenvalue weighted by Crippen LogP contribution is -2.47. The third kappa shape index (κ3) is 4.96. The van der Waals surface area contributed by atoms with E-state index >= 15 is 0 Å². The van der Waals surface area contributed by atoms with Gasteiger partial charge in [0.2, 0.25) is 0 Å². The number of nitrogens with zero attached hydrogens (tertiary/aromatic N) is 1. The van der Waals surface area contributed by atoms with Crippen LogP contribution in [0.5, 0.6) is 0 Å². The SMILES string of the molecule is CCCC(C)NCC1CN(CC)CCO1. The molecule has 3 heteroatoms. The minimum Gasteiger partial charge on any atom is -0.374 e. The third-order valence-electron chi connectivity index (χ3n) is 3.09. The summed E-state index contributed by atoms with van der Waals surface area (Å²) in [6.07, 6.45) is 2.89. The van der Waals surface area contributed by atoms with Crippen LogP contribution in [0, 0.1) is 0 Å². The van der Waals surface area contributed by atoms with Crippen LogP contribution in [0.4, 0.5) is 0 Å². The summed E-state index contributed by atoms with van der Waals surface area (Å²) < 4.78 is 5.73. The van der Waals surface area contributed by atoms with Gasteiger partial charge in [-0.2, -0.15) is 0 Å². The molecule has 0 amide bonds. The van der Waals surface area contributed by atoms with Crippen molar-refractivity contribution in [3.8, 4) is 0 Å². The van der Waals surface area contributed by atoms with E-state index in [0.717, 1.165) is 32.8 Å². The highest BCUT2D eigenvalue weighted by atomic mass is 16.5. The molecule has 2 unspecified atom stereocenters. The molecule has 0 aliphatic carbocycles. The fraction of sp³-hybridized carbons (Fsp3) is 1.00. The molecule has 0 aromatic carbocycles. The van der Waals surface area contributed by atoms with E-state index in [1.807, 2.05) is 0 Å². The molecule has 90 valence electrons. The van der Waals surface area contributed by atoms with Crippen molar-refractivity contribution < 1.29 is 4.74 Å². The van der Waals surface area contributed by atoms with Gasteiger partial charge in [0.15, 0.2) is 0 Å². The Labute approximate surface area is 94.2 Å². The molecule has 1 aliphatic heterocycles. The highest BCUT2D eigenvalue weighted by Crippen LogP contribution is 2.04. The van der Waals surface area contributed by atoms with E-state index in [4.69, 9.17) is 4.74 Å². The quantitative estimate of drug-likeness (QED) is 0.725. The first-order chi connectivity index (χ1) is 7.26. The topological polar surface area (TPSA) is 24.5 Å². The van der Waals surface area contributed by atoms with Crippen LogP contribution in [0.25, 0.3) is 0 Å². The largest absolute Gasteiger partial charge is 0.374 e. The summed E-state index contributed by atoms with van der Waals surface area (Å²) in [7, 11) is 0. The first-order valence-corrected chi connectivity index (χ1v) is 6.33. The lowest BCUT2D eigenvalue weighted by atomic mass is 10.2. The van der Waals surface area contributed by atoms with Gasteiger partial charge in [-0.3, -0.25) is 4.90 Å². The number of hydrogen-bond donors (Lipinski definition) is 1. The Hall–Kier alpha value is -0.120. The highest BCUT2D eigenvalue weighted by molar-refractivity contribution is 4.74. The Kier molecular flexibility index (Phi) is 6.22. The number of likely N-dealkylation sites (N-methyl/N-ethyl adjacent to an activating group) is 1. The Bertz CT molecular complexity index is 164. The van der Waals surface area contributed by atoms with Crippen molar-refractivity contribution in [1.29, 1.82) is 0 Å². The molecule has 3 nitrogen and oxygen atoms in total. The van der Waals surface area contributed by atoms with Crippen LogP contribution in [0.1, 0.15) is 33.6 Å². The Morgan fingerprint density at radius 1 is 1.47 bits per heavy atom. The maximum Gasteiger partial charge on any atom is 0.0826 e. The maximum atomic E-state index is 5.73. The molecule has 0 radical (unpaired) electrons. The predicted molar refractivity (Wildman–Crippen MR) is 64.2 cm³/mol. The summed E-state index contributed by atoms with van der Waals surface area (Å²) in [6.45, 7) is 11.9. The van der Waals surface area contributed by atoms with Crippen LogP contribution >= 0.6 is 0 Å². The van der Waals surface area contributed by atoms with Gasteiger partial charge in [0.05, 0.1) is 12.7 Å². The predicted octanol–water partition coefficient (Wildman–Crippen LogP) is 1.49. The first-order valence-electron chi connectivity index (χ1n) is 6.33. The van der Waals surface area contributed by atoms with E-state index in [9.17, 15) is 0 Å². The number of rotatable bonds is 6. The van der Waals surface area contributed by atoms with Crippen LogP contribution in [0.15, 0.2) is 0 Å². The monoisotopic (exact) mass is 214 g/mol. The number of morpholine rings is 1. The lowest BCUT2D eigenvalue weighted by molar-refractivity contribution is -0.0262. The molecule has 1 heterocycles. The first kappa shape index (κ1) is 12.9. The summed E-state index contributed by atoms with van der Waals surface area (Å²) in [4.78, 5) is 2.46. The van der Waals surface area contributed by atoms with E-state index in [1.165, 1.54) is 12.8 Å². The van der Waals surface area contributed by atoms with Crippen molar-refractivity contribution in [2.24, 2.45) is 0 Å². The number of nitrogens with one attached hydrogen (secondary N) is 1. The third-order valence-corrected chi connectivity index (χ3v) is 3.09. The van der Waals surface area contributed by atoms with Crippen molar-refractivity contribution in [3.63, 3.8) is 0 Å². The number of hydrogen-bond acceptors (Lipinski definition) is 3. The second kappa shape index (κ2) is 7.20. The van der Waals surface area contributed by atoms with Crippen molar-refractivity contribution in [1.82, 2.24) is 10.2 Å². The highest BCUT2D eigenvalue weighted by Gasteiger charge is 2.19. The van der Waals surface area contributed by atoms with Crippen LogP contribution in [0.3, 0.4) is 0 Å². The second-order valence-corrected chi connectivity index (χ2v) is 4.48. The molecule has 0 spiro atoms. The molecule has 1 N–H and O–H groups in total. The molecule has 0 saturated carbocycles. The molecule has 0 bridgehead atoms. The van der Waals surface area contributed by atoms with Gasteiger partial charge < -0.3 is 10.1 Å². The maximum absolute atomic E-state index is 5.73. The zero-order valence-corrected chi connectivity index (χ0v) is 10.5. The molecule has 0 aromatic rings. The van der Waals surface area contributed by atoms with E-state index in [2.05, 4.69) is 31.0 Å². The van der Waals surface area contributed by atoms with Gasteiger partial charge in [-0.05, 0) is 19.9 Å². The fourth-order valence-electron chi connectivity index (χ4n) is 2.06. The summed E-state index contributed by atoms with van der Waals surface area (Å²) in [5, 5.41) is 3.55. The summed E-state index contributed by atoms with van der Waals surface area (Å²) in [5.74, 6) is 0. The van der Waals surface area contributed by atoms with Crippen LogP contribution in [-0.2, 0) is 4.74 Å². The molecular weight excluding hydrogens is 188 g/mol. The molecule has 1 aliphatic rings. The standard InChI is InChI=1S/C12H26N2O/c1-4-6-11(3)13-9-12-10-14(5-2)7-8-15-12/h11-13H,4-10H2,1-3H3. The molecule has 1 fully saturated rings. The van der Waals surface area contributed by atoms with E-state index in [-0.39, 0.29) is 0 Å². The zero-order valence-electron chi connectivity index (χ0n) is 10.5. The molecule has 1 rings (SSSR count). The van der Waals surface area contributed by atoms with Gasteiger partial charge in [-0.15, -0.1) is 0 Å².